The van der Waals surface area contributed by atoms with Crippen molar-refractivity contribution in [3.8, 4) is 16.9 Å². The van der Waals surface area contributed by atoms with Crippen molar-refractivity contribution < 1.29 is 18.3 Å². The van der Waals surface area contributed by atoms with Gasteiger partial charge in [0.15, 0.2) is 0 Å². The number of nitrogen functional groups attached to an aromatic ring is 1. The van der Waals surface area contributed by atoms with Gasteiger partial charge in [-0.05, 0) is 61.9 Å². The maximum absolute atomic E-state index is 14.5. The fraction of sp³-hybridized carbons (Fsp3) is 0.310. The Bertz CT molecular complexity index is 1460. The predicted molar refractivity (Wildman–Crippen MR) is 154 cm³/mol. The molecule has 5 rings (SSSR count). The molecule has 206 valence electrons. The van der Waals surface area contributed by atoms with Gasteiger partial charge in [-0.15, -0.1) is 11.3 Å². The number of benzene rings is 2. The first-order valence-electron chi connectivity index (χ1n) is 12.7. The summed E-state index contributed by atoms with van der Waals surface area (Å²) >= 11 is 7.40. The molecule has 0 unspecified atom stereocenters. The molecular weight excluding hydrogens is 542 g/mol. The van der Waals surface area contributed by atoms with Gasteiger partial charge in [0.05, 0.1) is 22.2 Å². The van der Waals surface area contributed by atoms with E-state index in [1.807, 2.05) is 24.3 Å². The number of nitrogens with two attached hydrogens (primary N) is 2. The maximum atomic E-state index is 14.5. The van der Waals surface area contributed by atoms with Crippen molar-refractivity contribution in [2.24, 2.45) is 5.73 Å². The summed E-state index contributed by atoms with van der Waals surface area (Å²) in [5.41, 5.74) is 12.8. The fourth-order valence-electron chi connectivity index (χ4n) is 4.97. The van der Waals surface area contributed by atoms with Crippen LogP contribution in [0.2, 0.25) is 5.02 Å². The second-order valence-corrected chi connectivity index (χ2v) is 10.6. The second kappa shape index (κ2) is 12.7. The largest absolute Gasteiger partial charge is 0.496 e. The standard InChI is InChI=1S/C28H26ClF2N3O2S.CH5N/c1-36-22-11-7-16(17-8-12-23(32)33-14-17)13-18(22)15-34(19-5-3-2-4-6-19)28(35)27-25(29)24-20(30)9-10-21(31)26(24)37-27;1-2/h7-14,19H,2-6,15H2,1H3,(H2,32,33);2H2,1H3. The van der Waals surface area contributed by atoms with E-state index in [2.05, 4.69) is 10.7 Å². The molecule has 0 bridgehead atoms. The quantitative estimate of drug-likeness (QED) is 0.258. The van der Waals surface area contributed by atoms with Crippen molar-refractivity contribution in [1.82, 2.24) is 9.88 Å². The summed E-state index contributed by atoms with van der Waals surface area (Å²) < 4.78 is 34.7. The Hall–Kier alpha value is -3.27. The van der Waals surface area contributed by atoms with E-state index in [9.17, 15) is 13.6 Å². The molecule has 0 radical (unpaired) electrons. The van der Waals surface area contributed by atoms with Crippen LogP contribution in [-0.4, -0.2) is 36.0 Å². The molecule has 0 spiro atoms. The Morgan fingerprint density at radius 2 is 1.77 bits per heavy atom. The van der Waals surface area contributed by atoms with Crippen LogP contribution in [0.15, 0.2) is 48.7 Å². The number of pyridine rings is 1. The zero-order valence-electron chi connectivity index (χ0n) is 21.8. The molecule has 2 heterocycles. The van der Waals surface area contributed by atoms with Crippen LogP contribution in [0, 0.1) is 11.6 Å². The van der Waals surface area contributed by atoms with Gasteiger partial charge in [0.25, 0.3) is 5.91 Å². The minimum absolute atomic E-state index is 0.0243. The molecule has 1 amide bonds. The molecule has 4 N–H and O–H groups in total. The van der Waals surface area contributed by atoms with Crippen LogP contribution in [-0.2, 0) is 6.54 Å². The van der Waals surface area contributed by atoms with Crippen LogP contribution in [0.3, 0.4) is 0 Å². The van der Waals surface area contributed by atoms with Gasteiger partial charge in [-0.3, -0.25) is 4.79 Å². The van der Waals surface area contributed by atoms with Crippen LogP contribution in [0.1, 0.15) is 47.3 Å². The molecule has 1 aliphatic rings. The predicted octanol–water partition coefficient (Wildman–Crippen LogP) is 7.04. The number of halogens is 3. The van der Waals surface area contributed by atoms with Gasteiger partial charge in [-0.25, -0.2) is 13.8 Å². The van der Waals surface area contributed by atoms with E-state index in [0.29, 0.717) is 11.6 Å². The number of nitrogens with zero attached hydrogens (tertiary/aromatic N) is 2. The van der Waals surface area contributed by atoms with Crippen LogP contribution in [0.25, 0.3) is 21.2 Å². The molecule has 2 aromatic carbocycles. The number of methoxy groups -OCH3 is 1. The lowest BCUT2D eigenvalue weighted by Gasteiger charge is -2.34. The molecule has 1 saturated carbocycles. The molecule has 10 heteroatoms. The first-order valence-corrected chi connectivity index (χ1v) is 13.9. The van der Waals surface area contributed by atoms with Gasteiger partial charge in [-0.1, -0.05) is 36.9 Å². The molecular formula is C29H31ClF2N4O2S. The first kappa shape index (κ1) is 28.7. The highest BCUT2D eigenvalue weighted by Crippen LogP contribution is 2.40. The van der Waals surface area contributed by atoms with Crippen molar-refractivity contribution in [3.63, 3.8) is 0 Å². The molecule has 1 fully saturated rings. The van der Waals surface area contributed by atoms with Crippen molar-refractivity contribution in [2.75, 3.05) is 19.9 Å². The van der Waals surface area contributed by atoms with E-state index < -0.39 is 11.6 Å². The Kier molecular flexibility index (Phi) is 9.37. The molecule has 2 aromatic heterocycles. The van der Waals surface area contributed by atoms with Crippen molar-refractivity contribution in [1.29, 1.82) is 0 Å². The summed E-state index contributed by atoms with van der Waals surface area (Å²) in [5, 5.41) is -0.0921. The zero-order valence-corrected chi connectivity index (χ0v) is 23.4. The third kappa shape index (κ3) is 6.00. The normalized spacial score (nSPS) is 13.6. The monoisotopic (exact) mass is 572 g/mol. The Morgan fingerprint density at radius 1 is 1.08 bits per heavy atom. The summed E-state index contributed by atoms with van der Waals surface area (Å²) in [6, 6.07) is 11.5. The molecule has 0 atom stereocenters. The number of anilines is 1. The minimum Gasteiger partial charge on any atom is -0.496 e. The topological polar surface area (TPSA) is 94.5 Å². The highest BCUT2D eigenvalue weighted by Gasteiger charge is 2.31. The average Bonchev–Trinajstić information content (AvgIpc) is 3.33. The number of amides is 1. The van der Waals surface area contributed by atoms with E-state index in [1.54, 1.807) is 24.3 Å². The number of carbonyl (C=O) groups is 1. The summed E-state index contributed by atoms with van der Waals surface area (Å²) in [6.45, 7) is 0.262. The molecule has 0 aliphatic heterocycles. The third-order valence-electron chi connectivity index (χ3n) is 6.89. The van der Waals surface area contributed by atoms with Gasteiger partial charge in [-0.2, -0.15) is 0 Å². The molecule has 6 nitrogen and oxygen atoms in total. The maximum Gasteiger partial charge on any atom is 0.266 e. The number of ether oxygens (including phenoxy) is 1. The van der Waals surface area contributed by atoms with Gasteiger partial charge < -0.3 is 21.1 Å². The minimum atomic E-state index is -0.646. The number of fused-ring (bicyclic) bond motifs is 1. The number of hydrogen-bond donors (Lipinski definition) is 2. The number of rotatable bonds is 6. The number of thiophene rings is 1. The molecule has 39 heavy (non-hydrogen) atoms. The van der Waals surface area contributed by atoms with Crippen molar-refractivity contribution in [2.45, 2.75) is 44.7 Å². The Labute approximate surface area is 235 Å². The highest BCUT2D eigenvalue weighted by atomic mass is 35.5. The second-order valence-electron chi connectivity index (χ2n) is 9.20. The van der Waals surface area contributed by atoms with E-state index >= 15 is 0 Å². The first-order chi connectivity index (χ1) is 18.9. The average molecular weight is 573 g/mol. The smallest absolute Gasteiger partial charge is 0.266 e. The Morgan fingerprint density at radius 3 is 2.41 bits per heavy atom. The summed E-state index contributed by atoms with van der Waals surface area (Å²) in [7, 11) is 3.09. The third-order valence-corrected chi connectivity index (χ3v) is 8.57. The van der Waals surface area contributed by atoms with Crippen molar-refractivity contribution >= 4 is 44.7 Å². The number of hydrogen-bond acceptors (Lipinski definition) is 6. The SMILES string of the molecule is CN.COc1ccc(-c2ccc(N)nc2)cc1CN(C(=O)c1sc2c(F)ccc(F)c2c1Cl)C1CCCCC1. The summed E-state index contributed by atoms with van der Waals surface area (Å²) in [4.78, 5) is 20.1. The van der Waals surface area contributed by atoms with E-state index in [4.69, 9.17) is 22.1 Å². The van der Waals surface area contributed by atoms with Crippen LogP contribution in [0.5, 0.6) is 5.75 Å². The van der Waals surface area contributed by atoms with Gasteiger partial charge in [0.1, 0.15) is 28.1 Å². The summed E-state index contributed by atoms with van der Waals surface area (Å²) in [6.07, 6.45) is 6.52. The number of aromatic nitrogens is 1. The van der Waals surface area contributed by atoms with Gasteiger partial charge >= 0.3 is 0 Å². The van der Waals surface area contributed by atoms with Crippen LogP contribution in [0.4, 0.5) is 14.6 Å². The molecule has 0 saturated heterocycles. The Balaban J connectivity index is 0.00000172. The number of carbonyl (C=O) groups excluding carboxylic acids is 1. The lowest BCUT2D eigenvalue weighted by molar-refractivity contribution is 0.0618. The highest BCUT2D eigenvalue weighted by molar-refractivity contribution is 7.21. The van der Waals surface area contributed by atoms with Crippen LogP contribution < -0.4 is 16.2 Å². The van der Waals surface area contributed by atoms with Crippen molar-refractivity contribution in [3.05, 3.63) is 75.8 Å². The fourth-order valence-corrected chi connectivity index (χ4v) is 6.47. The van der Waals surface area contributed by atoms with Gasteiger partial charge in [0.2, 0.25) is 0 Å². The van der Waals surface area contributed by atoms with Crippen LogP contribution >= 0.6 is 22.9 Å². The van der Waals surface area contributed by atoms with E-state index in [1.165, 1.54) is 7.05 Å². The molecule has 1 aliphatic carbocycles. The zero-order chi connectivity index (χ0) is 28.1. The van der Waals surface area contributed by atoms with E-state index in [-0.39, 0.29) is 38.5 Å². The summed E-state index contributed by atoms with van der Waals surface area (Å²) in [5.74, 6) is -0.510. The van der Waals surface area contributed by atoms with Gasteiger partial charge in [0, 0.05) is 29.9 Å². The molecule has 4 aromatic rings. The van der Waals surface area contributed by atoms with E-state index in [0.717, 1.165) is 72.3 Å². The lowest BCUT2D eigenvalue weighted by Crippen LogP contribution is -2.40. The lowest BCUT2D eigenvalue weighted by atomic mass is 9.93.